The van der Waals surface area contributed by atoms with Crippen molar-refractivity contribution in [2.45, 2.75) is 70.8 Å². The number of phosphoric acid groups is 6. The molecule has 28 nitrogen and oxygen atoms in total. The van der Waals surface area contributed by atoms with E-state index in [1.807, 2.05) is 4.98 Å². The molecule has 1 aromatic heterocycles. The van der Waals surface area contributed by atoms with Gasteiger partial charge in [-0.3, -0.25) is 28.2 Å². The third-order valence-electron chi connectivity index (χ3n) is 6.42. The fourth-order valence-corrected chi connectivity index (χ4v) is 12.0. The molecule has 1 aliphatic rings. The number of carbonyl (C=O) groups is 1. The highest BCUT2D eigenvalue weighted by atomic mass is 31.3. The molecule has 9 N–H and O–H groups in total. The number of aromatic nitrogens is 2. The van der Waals surface area contributed by atoms with E-state index in [1.165, 1.54) is 6.92 Å². The van der Waals surface area contributed by atoms with Crippen molar-refractivity contribution in [1.29, 1.82) is 0 Å². The van der Waals surface area contributed by atoms with Crippen LogP contribution >= 0.6 is 46.9 Å². The Kier molecular flexibility index (Phi) is 19.3. The molecule has 9 atom stereocenters. The molecule has 1 fully saturated rings. The van der Waals surface area contributed by atoms with Gasteiger partial charge in [0.05, 0.1) is 25.9 Å². The highest BCUT2D eigenvalue weighted by Gasteiger charge is 2.50. The van der Waals surface area contributed by atoms with Crippen LogP contribution in [0.3, 0.4) is 0 Å². The summed E-state index contributed by atoms with van der Waals surface area (Å²) in [6, 6.07) is 0. The predicted molar refractivity (Wildman–Crippen MR) is 179 cm³/mol. The maximum absolute atomic E-state index is 12.2. The van der Waals surface area contributed by atoms with E-state index >= 15 is 0 Å². The Balaban J connectivity index is 1.82. The van der Waals surface area contributed by atoms with Gasteiger partial charge in [-0.1, -0.05) is 12.8 Å². The summed E-state index contributed by atoms with van der Waals surface area (Å²) in [5.74, 6) is -0.216. The minimum atomic E-state index is -6.47. The third-order valence-corrected chi connectivity index (χ3v) is 15.7. The number of unbranched alkanes of at least 4 members (excludes halogenated alkanes) is 3. The van der Waals surface area contributed by atoms with Gasteiger partial charge in [0.15, 0.2) is 0 Å². The van der Waals surface area contributed by atoms with E-state index in [0.29, 0.717) is 32.4 Å². The maximum atomic E-state index is 12.2. The monoisotopic (exact) mass is 921 g/mol. The van der Waals surface area contributed by atoms with Crippen LogP contribution in [0.25, 0.3) is 0 Å². The number of aliphatic hydroxyl groups excluding tert-OH is 1. The summed E-state index contributed by atoms with van der Waals surface area (Å²) in [7, 11) is -36.8. The molecular weight excluding hydrogens is 880 g/mol. The summed E-state index contributed by atoms with van der Waals surface area (Å²) in [6.07, 6.45) is -1.77. The minimum Gasteiger partial charge on any atom is -0.390 e. The van der Waals surface area contributed by atoms with E-state index in [1.54, 1.807) is 6.92 Å². The van der Waals surface area contributed by atoms with E-state index in [0.717, 1.165) is 10.8 Å². The molecule has 7 unspecified atom stereocenters. The number of aromatic amines is 1. The van der Waals surface area contributed by atoms with Gasteiger partial charge in [0.25, 0.3) is 5.56 Å². The summed E-state index contributed by atoms with van der Waals surface area (Å²) < 4.78 is 111. The number of nitrogens with zero attached hydrogens (tertiary/aromatic N) is 1. The lowest BCUT2D eigenvalue weighted by molar-refractivity contribution is -0.122. The average molecular weight is 921 g/mol. The van der Waals surface area contributed by atoms with Crippen molar-refractivity contribution in [3.05, 3.63) is 32.6 Å². The molecule has 320 valence electrons. The van der Waals surface area contributed by atoms with Crippen LogP contribution in [0.1, 0.15) is 57.2 Å². The average Bonchev–Trinajstić information content (AvgIpc) is 3.36. The molecule has 1 saturated heterocycles. The van der Waals surface area contributed by atoms with Crippen molar-refractivity contribution >= 4 is 52.8 Å². The van der Waals surface area contributed by atoms with Gasteiger partial charge in [0, 0.05) is 37.8 Å². The van der Waals surface area contributed by atoms with E-state index in [-0.39, 0.29) is 37.3 Å². The Morgan fingerprint density at radius 2 is 1.33 bits per heavy atom. The molecule has 34 heteroatoms. The van der Waals surface area contributed by atoms with Gasteiger partial charge < -0.3 is 49.3 Å². The number of nitrogens with one attached hydrogen (secondary N) is 2. The van der Waals surface area contributed by atoms with Crippen LogP contribution in [0.5, 0.6) is 0 Å². The van der Waals surface area contributed by atoms with Crippen molar-refractivity contribution in [2.24, 2.45) is 0 Å². The van der Waals surface area contributed by atoms with Crippen LogP contribution in [-0.2, 0) is 72.3 Å². The van der Waals surface area contributed by atoms with Gasteiger partial charge in [-0.25, -0.2) is 32.2 Å². The van der Waals surface area contributed by atoms with E-state index in [2.05, 4.69) is 35.9 Å². The highest BCUT2D eigenvalue weighted by molar-refractivity contribution is 7.72. The summed E-state index contributed by atoms with van der Waals surface area (Å²) in [5.41, 5.74) is -1.55. The number of carbonyl (C=O) groups excluding carboxylic acids is 1. The Hall–Kier alpha value is -1.11. The number of ether oxygens (including phenoxy) is 2. The van der Waals surface area contributed by atoms with Crippen LogP contribution in [0.4, 0.5) is 0 Å². The predicted octanol–water partition coefficient (Wildman–Crippen LogP) is 1.32. The molecule has 55 heavy (non-hydrogen) atoms. The van der Waals surface area contributed by atoms with E-state index < -0.39 is 89.8 Å². The van der Waals surface area contributed by atoms with Crippen molar-refractivity contribution in [2.75, 3.05) is 33.0 Å². The van der Waals surface area contributed by atoms with Gasteiger partial charge >= 0.3 is 52.6 Å². The number of hydrogen-bond acceptors (Lipinski definition) is 19. The second kappa shape index (κ2) is 21.2. The van der Waals surface area contributed by atoms with Crippen molar-refractivity contribution in [1.82, 2.24) is 14.9 Å². The summed E-state index contributed by atoms with van der Waals surface area (Å²) in [6.45, 7) is 2.56. The second-order valence-electron chi connectivity index (χ2n) is 11.0. The zero-order valence-corrected chi connectivity index (χ0v) is 34.1. The minimum absolute atomic E-state index is 0.0851. The van der Waals surface area contributed by atoms with Crippen LogP contribution in [0.15, 0.2) is 15.8 Å². The molecule has 0 spiro atoms. The fourth-order valence-electron chi connectivity index (χ4n) is 4.15. The maximum Gasteiger partial charge on any atom is 0.490 e. The first-order chi connectivity index (χ1) is 25.2. The Bertz CT molecular complexity index is 1870. The number of hydrogen-bond donors (Lipinski definition) is 9. The topological polar surface area (TPSA) is 411 Å². The molecule has 0 radical (unpaired) electrons. The molecule has 1 aliphatic heterocycles. The molecular formula is C21H41N3O25P6. The molecule has 2 heterocycles. The zero-order valence-electron chi connectivity index (χ0n) is 28.7. The first kappa shape index (κ1) is 50.0. The Morgan fingerprint density at radius 3 is 1.87 bits per heavy atom. The van der Waals surface area contributed by atoms with Gasteiger partial charge in [0.2, 0.25) is 5.91 Å². The SMILES string of the molecule is CCOCCC(=O)NCCCCCCOP(=O)(O)OP(=O)(O)OP(=O)(O)OP(=O)(O)OP(=O)(O)OP(=O)(O)OC[C@H]1O[C@@H](n2cc(C)c(=O)[nH]c2=O)CC1O. The number of H-pyrrole nitrogens is 1. The van der Waals surface area contributed by atoms with E-state index in [9.17, 15) is 76.2 Å². The normalized spacial score (nSPS) is 24.1. The lowest BCUT2D eigenvalue weighted by atomic mass is 10.2. The van der Waals surface area contributed by atoms with Gasteiger partial charge in [-0.15, -0.1) is 0 Å². The first-order valence-electron chi connectivity index (χ1n) is 15.5. The molecule has 0 saturated carbocycles. The zero-order chi connectivity index (χ0) is 41.9. The number of rotatable bonds is 26. The molecule has 0 aliphatic carbocycles. The Labute approximate surface area is 310 Å². The first-order valence-corrected chi connectivity index (χ1v) is 24.5. The largest absolute Gasteiger partial charge is 0.490 e. The second-order valence-corrected chi connectivity index (χ2v) is 20.4. The number of aliphatic hydroxyl groups is 1. The number of phosphoric ester groups is 2. The Morgan fingerprint density at radius 1 is 0.818 bits per heavy atom. The van der Waals surface area contributed by atoms with Crippen LogP contribution in [0, 0.1) is 6.92 Å². The van der Waals surface area contributed by atoms with Gasteiger partial charge in [-0.05, 0) is 26.7 Å². The molecule has 2 rings (SSSR count). The smallest absolute Gasteiger partial charge is 0.390 e. The molecule has 0 aromatic carbocycles. The lowest BCUT2D eigenvalue weighted by Gasteiger charge is -2.21. The summed E-state index contributed by atoms with van der Waals surface area (Å²) in [4.78, 5) is 95.3. The third kappa shape index (κ3) is 19.5. The van der Waals surface area contributed by atoms with Crippen molar-refractivity contribution in [3.63, 3.8) is 0 Å². The quantitative estimate of drug-likeness (QED) is 0.0467. The fraction of sp³-hybridized carbons (Fsp3) is 0.762. The summed E-state index contributed by atoms with van der Waals surface area (Å²) in [5, 5.41) is 12.9. The molecule has 1 aromatic rings. The molecule has 0 bridgehead atoms. The highest BCUT2D eigenvalue weighted by Crippen LogP contribution is 2.75. The number of aryl methyl sites for hydroxylation is 1. The van der Waals surface area contributed by atoms with Crippen molar-refractivity contribution in [3.8, 4) is 0 Å². The number of amides is 1. The summed E-state index contributed by atoms with van der Waals surface area (Å²) >= 11 is 0. The van der Waals surface area contributed by atoms with E-state index in [4.69, 9.17) is 9.47 Å². The standard InChI is InChI=1S/C21H41N3O25P6/c1-3-41-11-8-18(26)22-9-6-4-5-7-10-42-50(29,30)45-52(33,34)47-54(37,38)49-55(39,40)48-53(35,36)46-51(31,32)43-14-17-16(25)12-19(44-17)24-13-15(2)20(27)23-21(24)28/h13,16-17,19,25H,3-12,14H2,1-2H3,(H,22,26)(H,29,30)(H,31,32)(H,33,34)(H,35,36)(H,37,38)(H,39,40)(H,23,27,28)/t16?,17-,19-/m1/s1. The van der Waals surface area contributed by atoms with Gasteiger partial charge in [-0.2, -0.15) is 21.6 Å². The van der Waals surface area contributed by atoms with Gasteiger partial charge in [0.1, 0.15) is 12.3 Å². The lowest BCUT2D eigenvalue weighted by Crippen LogP contribution is -2.33. The van der Waals surface area contributed by atoms with Crippen LogP contribution < -0.4 is 16.6 Å². The van der Waals surface area contributed by atoms with Crippen molar-refractivity contribution < 1.29 is 107 Å². The van der Waals surface area contributed by atoms with Crippen LogP contribution in [-0.4, -0.2) is 95.1 Å². The molecule has 1 amide bonds. The van der Waals surface area contributed by atoms with Crippen LogP contribution in [0.2, 0.25) is 0 Å².